The van der Waals surface area contributed by atoms with Gasteiger partial charge in [-0.15, -0.1) is 0 Å². The van der Waals surface area contributed by atoms with Crippen molar-refractivity contribution in [2.45, 2.75) is 6.92 Å². The molecule has 0 aromatic rings. The Morgan fingerprint density at radius 3 is 2.71 bits per heavy atom. The molecule has 7 heavy (non-hydrogen) atoms. The van der Waals surface area contributed by atoms with Gasteiger partial charge in [-0.05, 0) is 6.92 Å². The standard InChI is InChI=1S/C3H6N2O2/c1-2-7-3(6)5-4/h5H,2H2,1H3. The van der Waals surface area contributed by atoms with Crippen molar-refractivity contribution in [3.05, 3.63) is 5.53 Å². The van der Waals surface area contributed by atoms with E-state index in [9.17, 15) is 4.79 Å². The summed E-state index contributed by atoms with van der Waals surface area (Å²) in [6, 6.07) is 0. The number of amides is 1. The van der Waals surface area contributed by atoms with Gasteiger partial charge in [-0.25, -0.2) is 5.11 Å². The lowest BCUT2D eigenvalue weighted by Gasteiger charge is -1.86. The number of ether oxygens (including phenoxy) is 1. The molecule has 0 saturated heterocycles. The third-order valence-electron chi connectivity index (χ3n) is 0.367. The van der Waals surface area contributed by atoms with Gasteiger partial charge in [0.15, 0.2) is 0 Å². The zero-order valence-corrected chi connectivity index (χ0v) is 3.97. The molecule has 4 heteroatoms. The summed E-state index contributed by atoms with van der Waals surface area (Å²) in [5.74, 6) is 0. The van der Waals surface area contributed by atoms with Crippen molar-refractivity contribution < 1.29 is 14.6 Å². The molecule has 0 spiro atoms. The molecule has 0 aliphatic carbocycles. The van der Waals surface area contributed by atoms with E-state index in [0.717, 1.165) is 0 Å². The van der Waals surface area contributed by atoms with Crippen LogP contribution in [0, 0.1) is 0 Å². The zero-order chi connectivity index (χ0) is 5.70. The number of hydrogen-bond acceptors (Lipinski definition) is 2. The molecule has 1 N–H and O–H groups in total. The van der Waals surface area contributed by atoms with Gasteiger partial charge in [0.05, 0.1) is 6.61 Å². The minimum absolute atomic E-state index is 0.270. The zero-order valence-electron chi connectivity index (χ0n) is 3.97. The molecule has 40 valence electrons. The lowest BCUT2D eigenvalue weighted by molar-refractivity contribution is -0.391. The van der Waals surface area contributed by atoms with Crippen LogP contribution in [-0.4, -0.2) is 12.7 Å². The van der Waals surface area contributed by atoms with E-state index >= 15 is 0 Å². The first kappa shape index (κ1) is 6.07. The van der Waals surface area contributed by atoms with E-state index in [4.69, 9.17) is 5.53 Å². The molecule has 0 atom stereocenters. The van der Waals surface area contributed by atoms with Crippen LogP contribution in [0.15, 0.2) is 0 Å². The maximum absolute atomic E-state index is 9.83. The molecule has 0 rings (SSSR count). The van der Waals surface area contributed by atoms with Crippen molar-refractivity contribution in [1.29, 1.82) is 0 Å². The molecule has 0 aromatic heterocycles. The number of carbonyl (C=O) groups is 1. The fraction of sp³-hybridized carbons (Fsp3) is 0.667. The van der Waals surface area contributed by atoms with E-state index in [-0.39, 0.29) is 6.61 Å². The Morgan fingerprint density at radius 2 is 2.57 bits per heavy atom. The Kier molecular flexibility index (Phi) is 2.83. The number of nitrogens with zero attached hydrogens (tertiary/aromatic N) is 1. The van der Waals surface area contributed by atoms with Crippen LogP contribution in [0.25, 0.3) is 5.53 Å². The summed E-state index contributed by atoms with van der Waals surface area (Å²) in [7, 11) is 0. The predicted octanol–water partition coefficient (Wildman–Crippen LogP) is -0.755. The van der Waals surface area contributed by atoms with Crippen LogP contribution in [-0.2, 0) is 4.74 Å². The monoisotopic (exact) mass is 102 g/mol. The Balaban J connectivity index is 3.17. The molecule has 4 nitrogen and oxygen atoms in total. The summed E-state index contributed by atoms with van der Waals surface area (Å²) in [6.45, 7) is 1.92. The van der Waals surface area contributed by atoms with E-state index < -0.39 is 6.09 Å². The summed E-state index contributed by atoms with van der Waals surface area (Å²) >= 11 is 0. The molecular formula is C3H6N2O2. The minimum atomic E-state index is -0.817. The molecule has 1 amide bonds. The summed E-state index contributed by atoms with van der Waals surface area (Å²) < 4.78 is 4.19. The number of carbonyl (C=O) groups excluding carboxylic acids is 1. The van der Waals surface area contributed by atoms with Crippen molar-refractivity contribution in [2.24, 2.45) is 0 Å². The lowest BCUT2D eigenvalue weighted by atomic mass is 10.9. The van der Waals surface area contributed by atoms with Gasteiger partial charge in [0.25, 0.3) is 0 Å². The predicted molar refractivity (Wildman–Crippen MR) is 21.3 cm³/mol. The SMILES string of the molecule is CCOC(=O)[NH+]=[N-]. The lowest BCUT2D eigenvalue weighted by Crippen LogP contribution is -2.68. The first-order valence-electron chi connectivity index (χ1n) is 1.88. The van der Waals surface area contributed by atoms with Crippen LogP contribution in [0.2, 0.25) is 0 Å². The molecule has 0 aliphatic heterocycles. The van der Waals surface area contributed by atoms with Crippen molar-refractivity contribution in [3.63, 3.8) is 0 Å². The van der Waals surface area contributed by atoms with Gasteiger partial charge in [-0.1, -0.05) is 0 Å². The van der Waals surface area contributed by atoms with Gasteiger partial charge in [0, 0.05) is 0 Å². The van der Waals surface area contributed by atoms with Gasteiger partial charge in [-0.2, -0.15) is 4.79 Å². The first-order chi connectivity index (χ1) is 3.31. The second kappa shape index (κ2) is 3.27. The maximum atomic E-state index is 9.83. The Hall–Kier alpha value is -0.930. The largest absolute Gasteiger partial charge is 0.583 e. The number of nitrogens with one attached hydrogen (secondary N) is 1. The molecule has 0 aliphatic rings. The Labute approximate surface area is 41.0 Å². The summed E-state index contributed by atoms with van der Waals surface area (Å²) in [4.78, 5) is 9.83. The molecule has 0 fully saturated rings. The smallest absolute Gasteiger partial charge is 0.496 e. The Morgan fingerprint density at radius 1 is 2.00 bits per heavy atom. The van der Waals surface area contributed by atoms with Crippen LogP contribution in [0.1, 0.15) is 6.92 Å². The highest BCUT2D eigenvalue weighted by atomic mass is 16.5. The minimum Gasteiger partial charge on any atom is -0.496 e. The van der Waals surface area contributed by atoms with E-state index in [1.54, 1.807) is 6.92 Å². The topological polar surface area (TPSA) is 62.6 Å². The third-order valence-corrected chi connectivity index (χ3v) is 0.367. The molecule has 0 aromatic carbocycles. The second-order valence-corrected chi connectivity index (χ2v) is 0.832. The number of rotatable bonds is 1. The van der Waals surface area contributed by atoms with E-state index in [0.29, 0.717) is 0 Å². The van der Waals surface area contributed by atoms with Crippen LogP contribution in [0.5, 0.6) is 0 Å². The van der Waals surface area contributed by atoms with Crippen LogP contribution >= 0.6 is 0 Å². The van der Waals surface area contributed by atoms with E-state index in [2.05, 4.69) is 4.74 Å². The van der Waals surface area contributed by atoms with E-state index in [1.165, 1.54) is 5.11 Å². The molecule has 0 saturated carbocycles. The molecule has 0 bridgehead atoms. The van der Waals surface area contributed by atoms with Gasteiger partial charge in [0.1, 0.15) is 0 Å². The van der Waals surface area contributed by atoms with Gasteiger partial charge in [0.2, 0.25) is 0 Å². The number of hydrogen-bond donors (Lipinski definition) is 1. The average molecular weight is 102 g/mol. The molecule has 0 heterocycles. The highest BCUT2D eigenvalue weighted by Gasteiger charge is 1.95. The maximum Gasteiger partial charge on any atom is 0.583 e. The van der Waals surface area contributed by atoms with Crippen molar-refractivity contribution in [2.75, 3.05) is 6.61 Å². The quantitative estimate of drug-likeness (QED) is 0.442. The van der Waals surface area contributed by atoms with E-state index in [1.807, 2.05) is 0 Å². The first-order valence-corrected chi connectivity index (χ1v) is 1.88. The average Bonchev–Trinajstić information content (AvgIpc) is 1.68. The summed E-state index contributed by atoms with van der Waals surface area (Å²) in [5.41, 5.74) is 7.74. The fourth-order valence-electron chi connectivity index (χ4n) is 0.163. The van der Waals surface area contributed by atoms with Crippen LogP contribution < -0.4 is 5.11 Å². The summed E-state index contributed by atoms with van der Waals surface area (Å²) in [5, 5.41) is 1.30. The highest BCUT2D eigenvalue weighted by Crippen LogP contribution is 1.64. The fourth-order valence-corrected chi connectivity index (χ4v) is 0.163. The highest BCUT2D eigenvalue weighted by molar-refractivity contribution is 5.54. The molecule has 0 radical (unpaired) electrons. The normalized spacial score (nSPS) is 7.57. The Bertz CT molecular complexity index is 81.0. The van der Waals surface area contributed by atoms with Crippen LogP contribution in [0.3, 0.4) is 0 Å². The third kappa shape index (κ3) is 2.88. The van der Waals surface area contributed by atoms with Gasteiger partial charge >= 0.3 is 6.09 Å². The van der Waals surface area contributed by atoms with Gasteiger partial charge in [-0.3, -0.25) is 0 Å². The summed E-state index contributed by atoms with van der Waals surface area (Å²) in [6.07, 6.45) is -0.817. The van der Waals surface area contributed by atoms with Crippen LogP contribution in [0.4, 0.5) is 4.79 Å². The second-order valence-electron chi connectivity index (χ2n) is 0.832. The van der Waals surface area contributed by atoms with Gasteiger partial charge < -0.3 is 10.3 Å². The van der Waals surface area contributed by atoms with Crippen molar-refractivity contribution in [1.82, 2.24) is 0 Å². The van der Waals surface area contributed by atoms with Crippen molar-refractivity contribution in [3.8, 4) is 0 Å². The van der Waals surface area contributed by atoms with Crippen molar-refractivity contribution >= 4 is 6.09 Å². The molecule has 0 unspecified atom stereocenters. The molecular weight excluding hydrogens is 96.0 g/mol.